The third kappa shape index (κ3) is 4.06. The molecule has 0 aromatic carbocycles. The molecule has 2 aromatic rings. The van der Waals surface area contributed by atoms with Crippen LogP contribution in [-0.2, 0) is 13.1 Å². The molecule has 0 fully saturated rings. The van der Waals surface area contributed by atoms with Crippen LogP contribution >= 0.6 is 0 Å². The number of nitrogens with zero attached hydrogens (tertiary/aromatic N) is 4. The monoisotopic (exact) mass is 317 g/mol. The summed E-state index contributed by atoms with van der Waals surface area (Å²) in [5.74, 6) is 0.382. The average Bonchev–Trinajstić information content (AvgIpc) is 2.94. The van der Waals surface area contributed by atoms with Crippen molar-refractivity contribution in [3.8, 4) is 0 Å². The lowest BCUT2D eigenvalue weighted by molar-refractivity contribution is 0.102. The molecule has 1 N–H and O–H groups in total. The molecule has 1 amide bonds. The third-order valence-corrected chi connectivity index (χ3v) is 3.61. The van der Waals surface area contributed by atoms with E-state index in [4.69, 9.17) is 0 Å². The minimum atomic E-state index is -0.449. The van der Waals surface area contributed by atoms with E-state index in [1.165, 1.54) is 11.0 Å². The number of carbonyl (C=O) groups excluding carboxylic acids is 1. The second kappa shape index (κ2) is 7.21. The van der Waals surface area contributed by atoms with Gasteiger partial charge in [0.1, 0.15) is 5.56 Å². The Morgan fingerprint density at radius 3 is 2.74 bits per heavy atom. The summed E-state index contributed by atoms with van der Waals surface area (Å²) < 4.78 is 1.59. The van der Waals surface area contributed by atoms with E-state index in [1.54, 1.807) is 23.8 Å². The summed E-state index contributed by atoms with van der Waals surface area (Å²) in [4.78, 5) is 26.5. The molecule has 0 aliphatic heterocycles. The maximum absolute atomic E-state index is 12.6. The highest BCUT2D eigenvalue weighted by Gasteiger charge is 2.17. The van der Waals surface area contributed by atoms with Gasteiger partial charge < -0.3 is 9.88 Å². The molecule has 7 nitrogen and oxygen atoms in total. The molecule has 2 rings (SSSR count). The van der Waals surface area contributed by atoms with Crippen LogP contribution in [0.5, 0.6) is 0 Å². The van der Waals surface area contributed by atoms with Gasteiger partial charge in [0.05, 0.1) is 12.7 Å². The number of hydrogen-bond donors (Lipinski definition) is 1. The first kappa shape index (κ1) is 16.9. The van der Waals surface area contributed by atoms with Crippen LogP contribution in [0.25, 0.3) is 0 Å². The van der Waals surface area contributed by atoms with E-state index in [2.05, 4.69) is 29.4 Å². The van der Waals surface area contributed by atoms with Gasteiger partial charge in [-0.3, -0.25) is 9.59 Å². The third-order valence-electron chi connectivity index (χ3n) is 3.61. The van der Waals surface area contributed by atoms with Crippen LogP contribution in [0.4, 0.5) is 5.82 Å². The average molecular weight is 317 g/mol. The number of aromatic nitrogens is 4. The first-order valence-electron chi connectivity index (χ1n) is 7.84. The Balaban J connectivity index is 2.24. The van der Waals surface area contributed by atoms with Crippen LogP contribution in [0.2, 0.25) is 0 Å². The van der Waals surface area contributed by atoms with Gasteiger partial charge in [0.2, 0.25) is 0 Å². The van der Waals surface area contributed by atoms with E-state index in [1.807, 2.05) is 6.92 Å². The molecular formula is C16H23N5O2. The Morgan fingerprint density at radius 1 is 1.39 bits per heavy atom. The lowest BCUT2D eigenvalue weighted by atomic mass is 10.1. The van der Waals surface area contributed by atoms with Gasteiger partial charge >= 0.3 is 0 Å². The zero-order valence-corrected chi connectivity index (χ0v) is 14.0. The number of amides is 1. The van der Waals surface area contributed by atoms with Crippen LogP contribution in [0.1, 0.15) is 43.1 Å². The van der Waals surface area contributed by atoms with Crippen molar-refractivity contribution in [2.45, 2.75) is 47.2 Å². The van der Waals surface area contributed by atoms with Gasteiger partial charge in [0.25, 0.3) is 11.5 Å². The fraction of sp³-hybridized carbons (Fsp3) is 0.500. The van der Waals surface area contributed by atoms with Gasteiger partial charge in [-0.15, -0.1) is 5.10 Å². The molecule has 0 bridgehead atoms. The zero-order chi connectivity index (χ0) is 17.0. The SMILES string of the molecule is CCn1ncc(NC(=O)c2c(C)ccn(CCC(C)C)c2=O)n1. The predicted molar refractivity (Wildman–Crippen MR) is 88.5 cm³/mol. The van der Waals surface area contributed by atoms with E-state index < -0.39 is 5.91 Å². The molecule has 2 aromatic heterocycles. The van der Waals surface area contributed by atoms with Gasteiger partial charge in [-0.05, 0) is 37.8 Å². The second-order valence-electron chi connectivity index (χ2n) is 5.93. The van der Waals surface area contributed by atoms with Crippen LogP contribution in [0.15, 0.2) is 23.3 Å². The molecular weight excluding hydrogens is 294 g/mol. The maximum Gasteiger partial charge on any atom is 0.263 e. The normalized spacial score (nSPS) is 11.0. The molecule has 0 unspecified atom stereocenters. The van der Waals surface area contributed by atoms with Crippen molar-refractivity contribution in [3.63, 3.8) is 0 Å². The minimum absolute atomic E-state index is 0.155. The number of aryl methyl sites for hydroxylation is 3. The molecule has 0 atom stereocenters. The quantitative estimate of drug-likeness (QED) is 0.884. The van der Waals surface area contributed by atoms with Crippen molar-refractivity contribution in [1.82, 2.24) is 19.6 Å². The van der Waals surface area contributed by atoms with E-state index in [0.717, 1.165) is 6.42 Å². The van der Waals surface area contributed by atoms with Crippen LogP contribution in [-0.4, -0.2) is 25.5 Å². The van der Waals surface area contributed by atoms with E-state index >= 15 is 0 Å². The standard InChI is InChI=1S/C16H23N5O2/c1-5-21-17-10-13(19-21)18-15(22)14-12(4)7-9-20(16(14)23)8-6-11(2)3/h7,9-11H,5-6,8H2,1-4H3,(H,18,19,22). The Kier molecular flexibility index (Phi) is 5.31. The largest absolute Gasteiger partial charge is 0.315 e. The van der Waals surface area contributed by atoms with Gasteiger partial charge in [0, 0.05) is 12.7 Å². The molecule has 0 saturated carbocycles. The topological polar surface area (TPSA) is 81.8 Å². The molecule has 23 heavy (non-hydrogen) atoms. The zero-order valence-electron chi connectivity index (χ0n) is 14.0. The van der Waals surface area contributed by atoms with Crippen LogP contribution in [0.3, 0.4) is 0 Å². The molecule has 0 aliphatic carbocycles. The number of carbonyl (C=O) groups is 1. The molecule has 0 spiro atoms. The lowest BCUT2D eigenvalue weighted by Gasteiger charge is -2.11. The van der Waals surface area contributed by atoms with Crippen molar-refractivity contribution >= 4 is 11.7 Å². The summed E-state index contributed by atoms with van der Waals surface area (Å²) in [5, 5.41) is 10.7. The van der Waals surface area contributed by atoms with Crippen LogP contribution < -0.4 is 10.9 Å². The highest BCUT2D eigenvalue weighted by Crippen LogP contribution is 2.08. The van der Waals surface area contributed by atoms with Crippen molar-refractivity contribution in [3.05, 3.63) is 39.9 Å². The van der Waals surface area contributed by atoms with E-state index in [9.17, 15) is 9.59 Å². The second-order valence-corrected chi connectivity index (χ2v) is 5.93. The van der Waals surface area contributed by atoms with Gasteiger partial charge in [-0.25, -0.2) is 0 Å². The summed E-state index contributed by atoms with van der Waals surface area (Å²) >= 11 is 0. The smallest absolute Gasteiger partial charge is 0.263 e. The molecule has 124 valence electrons. The Labute approximate surface area is 135 Å². The van der Waals surface area contributed by atoms with E-state index in [-0.39, 0.29) is 11.1 Å². The van der Waals surface area contributed by atoms with Crippen LogP contribution in [0, 0.1) is 12.8 Å². The first-order chi connectivity index (χ1) is 10.9. The number of pyridine rings is 1. The Bertz CT molecular complexity index is 745. The minimum Gasteiger partial charge on any atom is -0.315 e. The fourth-order valence-electron chi connectivity index (χ4n) is 2.20. The highest BCUT2D eigenvalue weighted by molar-refractivity contribution is 6.04. The maximum atomic E-state index is 12.6. The Hall–Kier alpha value is -2.44. The number of nitrogens with one attached hydrogen (secondary N) is 1. The molecule has 0 saturated heterocycles. The van der Waals surface area contributed by atoms with Crippen molar-refractivity contribution in [1.29, 1.82) is 0 Å². The number of anilines is 1. The molecule has 0 aliphatic rings. The van der Waals surface area contributed by atoms with Gasteiger partial charge in [-0.2, -0.15) is 9.90 Å². The molecule has 0 radical (unpaired) electrons. The first-order valence-corrected chi connectivity index (χ1v) is 7.84. The fourth-order valence-corrected chi connectivity index (χ4v) is 2.20. The van der Waals surface area contributed by atoms with Gasteiger partial charge in [-0.1, -0.05) is 13.8 Å². The summed E-state index contributed by atoms with van der Waals surface area (Å²) in [7, 11) is 0. The van der Waals surface area contributed by atoms with E-state index in [0.29, 0.717) is 30.4 Å². The van der Waals surface area contributed by atoms with Gasteiger partial charge in [0.15, 0.2) is 5.82 Å². The summed E-state index contributed by atoms with van der Waals surface area (Å²) in [6.45, 7) is 9.07. The Morgan fingerprint density at radius 2 is 2.13 bits per heavy atom. The number of hydrogen-bond acceptors (Lipinski definition) is 4. The highest BCUT2D eigenvalue weighted by atomic mass is 16.2. The van der Waals surface area contributed by atoms with Crippen molar-refractivity contribution in [2.24, 2.45) is 5.92 Å². The van der Waals surface area contributed by atoms with Crippen molar-refractivity contribution in [2.75, 3.05) is 5.32 Å². The summed E-state index contributed by atoms with van der Waals surface area (Å²) in [6, 6.07) is 1.79. The molecule has 7 heteroatoms. The predicted octanol–water partition coefficient (Wildman–Crippen LogP) is 2.07. The van der Waals surface area contributed by atoms with Crippen molar-refractivity contribution < 1.29 is 4.79 Å². The lowest BCUT2D eigenvalue weighted by Crippen LogP contribution is -2.30. The summed E-state index contributed by atoms with van der Waals surface area (Å²) in [6.07, 6.45) is 4.09. The number of rotatable bonds is 6. The molecule has 2 heterocycles. The summed E-state index contributed by atoms with van der Waals surface area (Å²) in [5.41, 5.74) is 0.532.